The molecule has 0 unspecified atom stereocenters. The average molecular weight is 431 g/mol. The van der Waals surface area contributed by atoms with Gasteiger partial charge in [0.25, 0.3) is 0 Å². The SMILES string of the molecule is CN1CCC[C@@H](C(=O)NCCc2nnc3n2CCN(Cc2ccccc2Cl)CC3)C1. The first-order valence-electron chi connectivity index (χ1n) is 10.9. The average Bonchev–Trinajstić information content (AvgIpc) is 3.01. The monoisotopic (exact) mass is 430 g/mol. The van der Waals surface area contributed by atoms with Crippen molar-refractivity contribution in [3.63, 3.8) is 0 Å². The second-order valence-corrected chi connectivity index (χ2v) is 8.85. The van der Waals surface area contributed by atoms with Crippen molar-refractivity contribution in [3.8, 4) is 0 Å². The largest absolute Gasteiger partial charge is 0.355 e. The minimum atomic E-state index is 0.109. The molecule has 0 bridgehead atoms. The van der Waals surface area contributed by atoms with Crippen molar-refractivity contribution in [2.45, 2.75) is 38.8 Å². The van der Waals surface area contributed by atoms with Gasteiger partial charge in [-0.05, 0) is 38.1 Å². The van der Waals surface area contributed by atoms with Gasteiger partial charge in [0.1, 0.15) is 11.6 Å². The number of nitrogens with one attached hydrogen (secondary N) is 1. The standard InChI is InChI=1S/C22H31ClN6O/c1-27-11-4-6-18(15-27)22(30)24-10-8-20-25-26-21-9-12-28(13-14-29(20)21)16-17-5-2-3-7-19(17)23/h2-3,5,7,18H,4,6,8-16H2,1H3,(H,24,30)/t18-/m1/s1. The lowest BCUT2D eigenvalue weighted by Gasteiger charge is -2.28. The van der Waals surface area contributed by atoms with Crippen LogP contribution >= 0.6 is 11.6 Å². The van der Waals surface area contributed by atoms with Crippen LogP contribution in [0.25, 0.3) is 0 Å². The zero-order valence-corrected chi connectivity index (χ0v) is 18.4. The number of hydrogen-bond donors (Lipinski definition) is 1. The van der Waals surface area contributed by atoms with Gasteiger partial charge in [-0.3, -0.25) is 9.69 Å². The maximum absolute atomic E-state index is 12.5. The second-order valence-electron chi connectivity index (χ2n) is 8.44. The molecular weight excluding hydrogens is 400 g/mol. The van der Waals surface area contributed by atoms with E-state index in [1.165, 1.54) is 0 Å². The molecule has 0 spiro atoms. The van der Waals surface area contributed by atoms with E-state index in [2.05, 4.69) is 43.0 Å². The Morgan fingerprint density at radius 3 is 2.90 bits per heavy atom. The Hall–Kier alpha value is -1.96. The molecule has 0 radical (unpaired) electrons. The summed E-state index contributed by atoms with van der Waals surface area (Å²) in [6, 6.07) is 8.03. The molecule has 1 aromatic carbocycles. The number of nitrogens with zero attached hydrogens (tertiary/aromatic N) is 5. The van der Waals surface area contributed by atoms with Gasteiger partial charge in [-0.2, -0.15) is 0 Å². The van der Waals surface area contributed by atoms with Gasteiger partial charge in [0, 0.05) is 57.1 Å². The first-order chi connectivity index (χ1) is 14.6. The van der Waals surface area contributed by atoms with E-state index in [-0.39, 0.29) is 11.8 Å². The molecule has 1 saturated heterocycles. The molecule has 0 aliphatic carbocycles. The Morgan fingerprint density at radius 1 is 1.20 bits per heavy atom. The normalized spacial score (nSPS) is 20.5. The van der Waals surface area contributed by atoms with Gasteiger partial charge in [0.2, 0.25) is 5.91 Å². The highest BCUT2D eigenvalue weighted by atomic mass is 35.5. The second kappa shape index (κ2) is 9.90. The van der Waals surface area contributed by atoms with E-state index in [1.807, 2.05) is 18.2 Å². The number of carbonyl (C=O) groups excluding carboxylic acids is 1. The molecule has 2 aliphatic heterocycles. The topological polar surface area (TPSA) is 66.3 Å². The predicted octanol–water partition coefficient (Wildman–Crippen LogP) is 1.99. The summed E-state index contributed by atoms with van der Waals surface area (Å²) >= 11 is 6.33. The molecule has 4 rings (SSSR count). The van der Waals surface area contributed by atoms with Crippen LogP contribution in [0.5, 0.6) is 0 Å². The van der Waals surface area contributed by atoms with Crippen molar-refractivity contribution in [3.05, 3.63) is 46.5 Å². The highest BCUT2D eigenvalue weighted by Crippen LogP contribution is 2.19. The van der Waals surface area contributed by atoms with E-state index >= 15 is 0 Å². The van der Waals surface area contributed by atoms with Crippen LogP contribution in [0.3, 0.4) is 0 Å². The number of halogens is 1. The van der Waals surface area contributed by atoms with Crippen molar-refractivity contribution >= 4 is 17.5 Å². The molecule has 7 nitrogen and oxygen atoms in total. The van der Waals surface area contributed by atoms with Crippen LogP contribution < -0.4 is 5.32 Å². The first kappa shape index (κ1) is 21.3. The number of likely N-dealkylation sites (tertiary alicyclic amines) is 1. The van der Waals surface area contributed by atoms with E-state index in [4.69, 9.17) is 11.6 Å². The number of hydrogen-bond acceptors (Lipinski definition) is 5. The van der Waals surface area contributed by atoms with Gasteiger partial charge < -0.3 is 14.8 Å². The number of rotatable bonds is 6. The van der Waals surface area contributed by atoms with Crippen molar-refractivity contribution < 1.29 is 4.79 Å². The van der Waals surface area contributed by atoms with Crippen LogP contribution in [0, 0.1) is 5.92 Å². The quantitative estimate of drug-likeness (QED) is 0.759. The number of aromatic nitrogens is 3. The van der Waals surface area contributed by atoms with E-state index in [0.29, 0.717) is 13.0 Å². The summed E-state index contributed by atoms with van der Waals surface area (Å²) in [5.74, 6) is 2.28. The van der Waals surface area contributed by atoms with E-state index in [1.54, 1.807) is 0 Å². The molecule has 3 heterocycles. The maximum atomic E-state index is 12.5. The molecule has 162 valence electrons. The van der Waals surface area contributed by atoms with E-state index in [0.717, 1.165) is 80.8 Å². The molecule has 1 fully saturated rings. The van der Waals surface area contributed by atoms with Gasteiger partial charge in [-0.15, -0.1) is 10.2 Å². The third-order valence-corrected chi connectivity index (χ3v) is 6.56. The Morgan fingerprint density at radius 2 is 2.07 bits per heavy atom. The van der Waals surface area contributed by atoms with Gasteiger partial charge in [-0.1, -0.05) is 29.8 Å². The number of amides is 1. The number of carbonyl (C=O) groups is 1. The molecule has 8 heteroatoms. The molecule has 30 heavy (non-hydrogen) atoms. The van der Waals surface area contributed by atoms with E-state index in [9.17, 15) is 4.79 Å². The smallest absolute Gasteiger partial charge is 0.224 e. The molecule has 1 atom stereocenters. The minimum absolute atomic E-state index is 0.109. The lowest BCUT2D eigenvalue weighted by Crippen LogP contribution is -2.42. The zero-order chi connectivity index (χ0) is 20.9. The Balaban J connectivity index is 1.29. The zero-order valence-electron chi connectivity index (χ0n) is 17.7. The summed E-state index contributed by atoms with van der Waals surface area (Å²) in [5.41, 5.74) is 1.16. The highest BCUT2D eigenvalue weighted by molar-refractivity contribution is 6.31. The van der Waals surface area contributed by atoms with Crippen LogP contribution in [0.2, 0.25) is 5.02 Å². The fourth-order valence-electron chi connectivity index (χ4n) is 4.46. The van der Waals surface area contributed by atoms with Crippen LogP contribution in [-0.2, 0) is 30.7 Å². The summed E-state index contributed by atoms with van der Waals surface area (Å²) in [6.45, 7) is 6.14. The van der Waals surface area contributed by atoms with E-state index < -0.39 is 0 Å². The fourth-order valence-corrected chi connectivity index (χ4v) is 4.66. The summed E-state index contributed by atoms with van der Waals surface area (Å²) in [4.78, 5) is 17.1. The van der Waals surface area contributed by atoms with Crippen molar-refractivity contribution in [1.29, 1.82) is 0 Å². The molecule has 1 aromatic heterocycles. The summed E-state index contributed by atoms with van der Waals surface area (Å²) in [6.07, 6.45) is 3.67. The summed E-state index contributed by atoms with van der Waals surface area (Å²) in [5, 5.41) is 12.7. The lowest BCUT2D eigenvalue weighted by molar-refractivity contribution is -0.126. The fraction of sp³-hybridized carbons (Fsp3) is 0.591. The van der Waals surface area contributed by atoms with Crippen molar-refractivity contribution in [2.75, 3.05) is 39.8 Å². The van der Waals surface area contributed by atoms with Gasteiger partial charge >= 0.3 is 0 Å². The number of piperidine rings is 1. The molecule has 2 aromatic rings. The van der Waals surface area contributed by atoms with Gasteiger partial charge in [-0.25, -0.2) is 0 Å². The third kappa shape index (κ3) is 5.20. The molecule has 2 aliphatic rings. The summed E-state index contributed by atoms with van der Waals surface area (Å²) < 4.78 is 2.23. The van der Waals surface area contributed by atoms with Gasteiger partial charge in [0.05, 0.1) is 5.92 Å². The first-order valence-corrected chi connectivity index (χ1v) is 11.3. The van der Waals surface area contributed by atoms with Crippen molar-refractivity contribution in [1.82, 2.24) is 29.9 Å². The Bertz CT molecular complexity index is 869. The lowest BCUT2D eigenvalue weighted by atomic mass is 9.97. The van der Waals surface area contributed by atoms with Gasteiger partial charge in [0.15, 0.2) is 0 Å². The molecule has 1 N–H and O–H groups in total. The van der Waals surface area contributed by atoms with Crippen molar-refractivity contribution in [2.24, 2.45) is 5.92 Å². The van der Waals surface area contributed by atoms with Crippen LogP contribution in [-0.4, -0.2) is 70.2 Å². The Labute approximate surface area is 183 Å². The number of fused-ring (bicyclic) bond motifs is 1. The molecular formula is C22H31ClN6O. The Kier molecular flexibility index (Phi) is 7.02. The van der Waals surface area contributed by atoms with Crippen LogP contribution in [0.1, 0.15) is 30.1 Å². The maximum Gasteiger partial charge on any atom is 0.224 e. The number of benzene rings is 1. The van der Waals surface area contributed by atoms with Crippen LogP contribution in [0.4, 0.5) is 0 Å². The predicted molar refractivity (Wildman–Crippen MR) is 117 cm³/mol. The molecule has 0 saturated carbocycles. The summed E-state index contributed by atoms with van der Waals surface area (Å²) in [7, 11) is 2.08. The third-order valence-electron chi connectivity index (χ3n) is 6.19. The minimum Gasteiger partial charge on any atom is -0.355 e. The van der Waals surface area contributed by atoms with Crippen LogP contribution in [0.15, 0.2) is 24.3 Å². The molecule has 1 amide bonds. The highest BCUT2D eigenvalue weighted by Gasteiger charge is 2.24.